The Morgan fingerprint density at radius 2 is 1.96 bits per heavy atom. The van der Waals surface area contributed by atoms with Crippen LogP contribution in [0.25, 0.3) is 0 Å². The molecule has 1 aliphatic rings. The zero-order valence-corrected chi connectivity index (χ0v) is 16.5. The topological polar surface area (TPSA) is 46.6 Å². The van der Waals surface area contributed by atoms with Crippen molar-refractivity contribution in [3.8, 4) is 5.75 Å². The number of imide groups is 1. The van der Waals surface area contributed by atoms with E-state index in [0.717, 1.165) is 21.8 Å². The molecule has 2 amide bonds. The average Bonchev–Trinajstić information content (AvgIpc) is 2.88. The van der Waals surface area contributed by atoms with Crippen LogP contribution in [0.5, 0.6) is 5.75 Å². The summed E-state index contributed by atoms with van der Waals surface area (Å²) in [6, 6.07) is 11.9. The fourth-order valence-electron chi connectivity index (χ4n) is 2.73. The normalized spacial score (nSPS) is 17.0. The van der Waals surface area contributed by atoms with Gasteiger partial charge in [-0.15, -0.1) is 0 Å². The Morgan fingerprint density at radius 1 is 1.19 bits per heavy atom. The second-order valence-corrected chi connectivity index (χ2v) is 7.86. The smallest absolute Gasteiger partial charge is 0.289 e. The molecular weight excluding hydrogens is 421 g/mol. The monoisotopic (exact) mass is 437 g/mol. The zero-order chi connectivity index (χ0) is 18.7. The summed E-state index contributed by atoms with van der Waals surface area (Å²) in [6.07, 6.45) is 0.373. The van der Waals surface area contributed by atoms with E-state index in [0.29, 0.717) is 24.3 Å². The van der Waals surface area contributed by atoms with Crippen molar-refractivity contribution in [2.24, 2.45) is 0 Å². The Morgan fingerprint density at radius 3 is 2.65 bits per heavy atom. The first-order chi connectivity index (χ1) is 12.5. The van der Waals surface area contributed by atoms with Crippen molar-refractivity contribution in [2.75, 3.05) is 6.54 Å². The molecule has 1 aliphatic heterocycles. The van der Waals surface area contributed by atoms with Gasteiger partial charge in [0.2, 0.25) is 5.91 Å². The van der Waals surface area contributed by atoms with E-state index in [1.54, 1.807) is 31.2 Å². The second kappa shape index (κ2) is 8.22. The summed E-state index contributed by atoms with van der Waals surface area (Å²) in [4.78, 5) is 25.5. The molecule has 2 aromatic carbocycles. The predicted molar refractivity (Wildman–Crippen MR) is 103 cm³/mol. The van der Waals surface area contributed by atoms with E-state index in [2.05, 4.69) is 15.9 Å². The molecular formula is C19H17BrFNO3S. The Labute approximate surface area is 163 Å². The third-order valence-electron chi connectivity index (χ3n) is 4.09. The molecule has 1 heterocycles. The highest BCUT2D eigenvalue weighted by atomic mass is 79.9. The maximum absolute atomic E-state index is 13.8. The molecule has 0 N–H and O–H groups in total. The Balaban J connectivity index is 1.77. The highest BCUT2D eigenvalue weighted by Crippen LogP contribution is 2.33. The van der Waals surface area contributed by atoms with Crippen LogP contribution in [-0.2, 0) is 17.8 Å². The summed E-state index contributed by atoms with van der Waals surface area (Å²) in [5.74, 6) is 0.0756. The van der Waals surface area contributed by atoms with Crippen LogP contribution < -0.4 is 4.74 Å². The molecule has 1 atom stereocenters. The number of thioether (sulfide) groups is 1. The van der Waals surface area contributed by atoms with Gasteiger partial charge in [0.1, 0.15) is 18.2 Å². The van der Waals surface area contributed by atoms with E-state index in [4.69, 9.17) is 4.74 Å². The third kappa shape index (κ3) is 4.10. The van der Waals surface area contributed by atoms with Gasteiger partial charge in [-0.2, -0.15) is 0 Å². The van der Waals surface area contributed by atoms with Crippen LogP contribution in [0.1, 0.15) is 18.1 Å². The van der Waals surface area contributed by atoms with Gasteiger partial charge in [0.05, 0.1) is 5.25 Å². The molecule has 0 aromatic heterocycles. The van der Waals surface area contributed by atoms with E-state index in [1.807, 2.05) is 12.1 Å². The van der Waals surface area contributed by atoms with Crippen molar-refractivity contribution in [3.63, 3.8) is 0 Å². The van der Waals surface area contributed by atoms with Gasteiger partial charge >= 0.3 is 0 Å². The van der Waals surface area contributed by atoms with Gasteiger partial charge in [-0.1, -0.05) is 45.9 Å². The number of carbonyl (C=O) groups excluding carboxylic acids is 2. The lowest BCUT2D eigenvalue weighted by Crippen LogP contribution is -2.31. The standard InChI is InChI=1S/C19H17BrFNO3S/c1-2-22-18(23)17(26-19(22)24)10-13-9-14(20)7-8-16(13)25-11-12-5-3-4-6-15(12)21/h3-9,17H,2,10-11H2,1H3/t17-/m1/s1. The van der Waals surface area contributed by atoms with Crippen LogP contribution in [0, 0.1) is 5.82 Å². The minimum Gasteiger partial charge on any atom is -0.489 e. The number of hydrogen-bond donors (Lipinski definition) is 0. The molecule has 1 saturated heterocycles. The van der Waals surface area contributed by atoms with E-state index >= 15 is 0 Å². The summed E-state index contributed by atoms with van der Waals surface area (Å²) < 4.78 is 20.4. The van der Waals surface area contributed by atoms with Gasteiger partial charge < -0.3 is 4.74 Å². The van der Waals surface area contributed by atoms with Crippen molar-refractivity contribution in [2.45, 2.75) is 25.2 Å². The fourth-order valence-corrected chi connectivity index (χ4v) is 4.22. The average molecular weight is 438 g/mol. The number of rotatable bonds is 6. The van der Waals surface area contributed by atoms with Crippen molar-refractivity contribution in [1.29, 1.82) is 0 Å². The van der Waals surface area contributed by atoms with Gasteiger partial charge in [-0.05, 0) is 43.2 Å². The molecule has 0 radical (unpaired) electrons. The van der Waals surface area contributed by atoms with Crippen molar-refractivity contribution in [3.05, 3.63) is 63.9 Å². The van der Waals surface area contributed by atoms with E-state index in [9.17, 15) is 14.0 Å². The highest BCUT2D eigenvalue weighted by Gasteiger charge is 2.38. The molecule has 1 fully saturated rings. The van der Waals surface area contributed by atoms with Crippen LogP contribution in [0.3, 0.4) is 0 Å². The third-order valence-corrected chi connectivity index (χ3v) is 5.66. The van der Waals surface area contributed by atoms with Gasteiger partial charge in [0, 0.05) is 16.6 Å². The summed E-state index contributed by atoms with van der Waals surface area (Å²) >= 11 is 4.46. The Bertz CT molecular complexity index is 845. The zero-order valence-electron chi connectivity index (χ0n) is 14.1. The van der Waals surface area contributed by atoms with Crippen molar-refractivity contribution >= 4 is 38.8 Å². The first-order valence-corrected chi connectivity index (χ1v) is 9.83. The first kappa shape index (κ1) is 18.9. The number of amides is 2. The molecule has 0 bridgehead atoms. The number of nitrogens with zero attached hydrogens (tertiary/aromatic N) is 1. The number of ether oxygens (including phenoxy) is 1. The van der Waals surface area contributed by atoms with Crippen LogP contribution in [0.2, 0.25) is 0 Å². The Hall–Kier alpha value is -1.86. The quantitative estimate of drug-likeness (QED) is 0.651. The van der Waals surface area contributed by atoms with E-state index in [-0.39, 0.29) is 23.6 Å². The lowest BCUT2D eigenvalue weighted by molar-refractivity contribution is -0.126. The molecule has 136 valence electrons. The molecule has 4 nitrogen and oxygen atoms in total. The van der Waals surface area contributed by atoms with Crippen molar-refractivity contribution in [1.82, 2.24) is 4.90 Å². The maximum Gasteiger partial charge on any atom is 0.289 e. The molecule has 0 unspecified atom stereocenters. The number of halogens is 2. The summed E-state index contributed by atoms with van der Waals surface area (Å²) in [5, 5.41) is -0.682. The first-order valence-electron chi connectivity index (χ1n) is 8.16. The van der Waals surface area contributed by atoms with Crippen LogP contribution in [0.4, 0.5) is 9.18 Å². The fraction of sp³-hybridized carbons (Fsp3) is 0.263. The van der Waals surface area contributed by atoms with Gasteiger partial charge in [-0.3, -0.25) is 14.5 Å². The Kier molecular flexibility index (Phi) is 5.98. The SMILES string of the molecule is CCN1C(=O)S[C@H](Cc2cc(Br)ccc2OCc2ccccc2F)C1=O. The molecule has 2 aromatic rings. The highest BCUT2D eigenvalue weighted by molar-refractivity contribution is 9.10. The summed E-state index contributed by atoms with van der Waals surface area (Å²) in [6.45, 7) is 2.24. The lowest BCUT2D eigenvalue weighted by atomic mass is 10.1. The van der Waals surface area contributed by atoms with Crippen LogP contribution in [0.15, 0.2) is 46.9 Å². The molecule has 26 heavy (non-hydrogen) atoms. The molecule has 0 spiro atoms. The second-order valence-electron chi connectivity index (χ2n) is 5.79. The summed E-state index contributed by atoms with van der Waals surface area (Å²) in [7, 11) is 0. The van der Waals surface area contributed by atoms with Crippen molar-refractivity contribution < 1.29 is 18.7 Å². The van der Waals surface area contributed by atoms with Crippen LogP contribution >= 0.6 is 27.7 Å². The summed E-state index contributed by atoms with van der Waals surface area (Å²) in [5.41, 5.74) is 1.26. The number of benzene rings is 2. The molecule has 0 saturated carbocycles. The van der Waals surface area contributed by atoms with E-state index in [1.165, 1.54) is 11.0 Å². The van der Waals surface area contributed by atoms with E-state index < -0.39 is 5.25 Å². The largest absolute Gasteiger partial charge is 0.489 e. The number of hydrogen-bond acceptors (Lipinski definition) is 4. The van der Waals surface area contributed by atoms with Gasteiger partial charge in [0.15, 0.2) is 0 Å². The van der Waals surface area contributed by atoms with Gasteiger partial charge in [-0.25, -0.2) is 4.39 Å². The minimum atomic E-state index is -0.465. The maximum atomic E-state index is 13.8. The van der Waals surface area contributed by atoms with Crippen LogP contribution in [-0.4, -0.2) is 27.8 Å². The van der Waals surface area contributed by atoms with Gasteiger partial charge in [0.25, 0.3) is 5.24 Å². The predicted octanol–water partition coefficient (Wildman–Crippen LogP) is 4.79. The lowest BCUT2D eigenvalue weighted by Gasteiger charge is -2.15. The molecule has 7 heteroatoms. The molecule has 0 aliphatic carbocycles. The number of carbonyl (C=O) groups is 2. The molecule has 3 rings (SSSR count). The minimum absolute atomic E-state index is 0.0904.